The second kappa shape index (κ2) is 17.5. The number of hydrogen-bond acceptors (Lipinski definition) is 8. The molecule has 276 valence electrons. The van der Waals surface area contributed by atoms with Crippen LogP contribution in [0.1, 0.15) is 52.0 Å². The van der Waals surface area contributed by atoms with E-state index in [0.717, 1.165) is 51.3 Å². The molecule has 2 aliphatic rings. The standard InChI is InChI=1S/C45H48O8/c1-2-36-19-20-37(26-38(36)24-35-18-21-39-40(25-35)49-23-22-48-39)41-42(50-27-32-12-6-3-7-13-32)43(51-28-33-14-8-4-9-15-33)44(45(30-46,31-47)53-41)52-29-34-16-10-5-11-17-34/h3-21,25-26,41-44,46-47H,2,22-24,27-31H2,1H3/t41?,42-,43+,44-/m0/s1. The Hall–Kier alpha value is -4.54. The van der Waals surface area contributed by atoms with Crippen molar-refractivity contribution < 1.29 is 38.6 Å². The molecule has 0 aliphatic carbocycles. The lowest BCUT2D eigenvalue weighted by Crippen LogP contribution is -2.66. The highest BCUT2D eigenvalue weighted by molar-refractivity contribution is 5.46. The number of rotatable bonds is 15. The minimum atomic E-state index is -1.51. The fourth-order valence-corrected chi connectivity index (χ4v) is 7.25. The zero-order valence-corrected chi connectivity index (χ0v) is 30.1. The molecule has 7 rings (SSSR count). The van der Waals surface area contributed by atoms with Crippen LogP contribution in [-0.2, 0) is 51.6 Å². The van der Waals surface area contributed by atoms with Crippen molar-refractivity contribution in [3.8, 4) is 11.5 Å². The monoisotopic (exact) mass is 716 g/mol. The molecule has 8 heteroatoms. The van der Waals surface area contributed by atoms with Crippen molar-refractivity contribution in [3.05, 3.63) is 166 Å². The molecule has 1 unspecified atom stereocenters. The van der Waals surface area contributed by atoms with Gasteiger partial charge in [-0.3, -0.25) is 0 Å². The molecule has 2 aliphatic heterocycles. The van der Waals surface area contributed by atoms with Crippen LogP contribution in [-0.4, -0.2) is 60.6 Å². The topological polar surface area (TPSA) is 95.8 Å². The lowest BCUT2D eigenvalue weighted by atomic mass is 9.82. The highest BCUT2D eigenvalue weighted by atomic mass is 16.6. The van der Waals surface area contributed by atoms with Crippen molar-refractivity contribution in [3.63, 3.8) is 0 Å². The van der Waals surface area contributed by atoms with E-state index in [4.69, 9.17) is 28.4 Å². The Balaban J connectivity index is 1.28. The Morgan fingerprint density at radius 2 is 1.15 bits per heavy atom. The zero-order valence-electron chi connectivity index (χ0n) is 30.1. The summed E-state index contributed by atoms with van der Waals surface area (Å²) < 4.78 is 38.9. The molecule has 0 spiro atoms. The van der Waals surface area contributed by atoms with Crippen molar-refractivity contribution >= 4 is 0 Å². The number of benzene rings is 5. The van der Waals surface area contributed by atoms with E-state index >= 15 is 0 Å². The van der Waals surface area contributed by atoms with Gasteiger partial charge >= 0.3 is 0 Å². The number of aliphatic hydroxyl groups is 2. The molecule has 1 saturated heterocycles. The van der Waals surface area contributed by atoms with Crippen LogP contribution in [0.5, 0.6) is 11.5 Å². The number of hydrogen-bond donors (Lipinski definition) is 2. The Kier molecular flexibility index (Phi) is 12.2. The van der Waals surface area contributed by atoms with Gasteiger partial charge in [0, 0.05) is 0 Å². The molecule has 0 amide bonds. The normalized spacial score (nSPS) is 20.6. The predicted molar refractivity (Wildman–Crippen MR) is 202 cm³/mol. The molecule has 5 aromatic rings. The lowest BCUT2D eigenvalue weighted by Gasteiger charge is -2.52. The Morgan fingerprint density at radius 1 is 0.585 bits per heavy atom. The first-order chi connectivity index (χ1) is 26.1. The first kappa shape index (κ1) is 36.8. The molecule has 4 atom stereocenters. The molecule has 8 nitrogen and oxygen atoms in total. The van der Waals surface area contributed by atoms with Crippen LogP contribution in [0.4, 0.5) is 0 Å². The maximum atomic E-state index is 11.1. The molecule has 1 fully saturated rings. The highest BCUT2D eigenvalue weighted by Gasteiger charge is 2.57. The summed E-state index contributed by atoms with van der Waals surface area (Å²) >= 11 is 0. The molecule has 0 radical (unpaired) electrons. The zero-order chi connectivity index (χ0) is 36.5. The molecule has 0 aromatic heterocycles. The van der Waals surface area contributed by atoms with Crippen molar-refractivity contribution in [1.82, 2.24) is 0 Å². The van der Waals surface area contributed by atoms with Gasteiger partial charge in [0.25, 0.3) is 0 Å². The van der Waals surface area contributed by atoms with Crippen LogP contribution in [0.2, 0.25) is 0 Å². The molecule has 5 aromatic carbocycles. The fourth-order valence-electron chi connectivity index (χ4n) is 7.25. The number of ether oxygens (including phenoxy) is 6. The molecule has 53 heavy (non-hydrogen) atoms. The van der Waals surface area contributed by atoms with Gasteiger partial charge in [0.15, 0.2) is 11.5 Å². The summed E-state index contributed by atoms with van der Waals surface area (Å²) in [5.41, 5.74) is 5.71. The Morgan fingerprint density at radius 3 is 1.74 bits per heavy atom. The van der Waals surface area contributed by atoms with E-state index in [2.05, 4.69) is 31.2 Å². The van der Waals surface area contributed by atoms with Crippen molar-refractivity contribution in [2.45, 2.75) is 69.6 Å². The summed E-state index contributed by atoms with van der Waals surface area (Å²) in [5, 5.41) is 22.2. The SMILES string of the molecule is CCc1ccc(C2OC(CO)(CO)[C@@H](OCc3ccccc3)[C@H](OCc3ccccc3)[C@H]2OCc2ccccc2)cc1Cc1ccc2c(c1)OCCO2. The summed E-state index contributed by atoms with van der Waals surface area (Å²) in [4.78, 5) is 0. The minimum Gasteiger partial charge on any atom is -0.486 e. The van der Waals surface area contributed by atoms with Crippen LogP contribution >= 0.6 is 0 Å². The first-order valence-corrected chi connectivity index (χ1v) is 18.5. The summed E-state index contributed by atoms with van der Waals surface area (Å²) in [6.45, 7) is 3.02. The fraction of sp³-hybridized carbons (Fsp3) is 0.333. The molecule has 2 N–H and O–H groups in total. The van der Waals surface area contributed by atoms with E-state index in [1.807, 2.05) is 103 Å². The van der Waals surface area contributed by atoms with Crippen LogP contribution in [0.3, 0.4) is 0 Å². The Bertz CT molecular complexity index is 1880. The number of fused-ring (bicyclic) bond motifs is 1. The van der Waals surface area contributed by atoms with Crippen molar-refractivity contribution in [1.29, 1.82) is 0 Å². The van der Waals surface area contributed by atoms with E-state index in [9.17, 15) is 10.2 Å². The van der Waals surface area contributed by atoms with E-state index < -0.39 is 43.2 Å². The van der Waals surface area contributed by atoms with Crippen molar-refractivity contribution in [2.24, 2.45) is 0 Å². The third-order valence-electron chi connectivity index (χ3n) is 10.1. The molecule has 0 bridgehead atoms. The second-order valence-corrected chi connectivity index (χ2v) is 13.7. The third kappa shape index (κ3) is 8.65. The van der Waals surface area contributed by atoms with Gasteiger partial charge in [0.2, 0.25) is 0 Å². The van der Waals surface area contributed by atoms with Gasteiger partial charge in [-0.05, 0) is 63.9 Å². The van der Waals surface area contributed by atoms with E-state index in [1.54, 1.807) is 0 Å². The van der Waals surface area contributed by atoms with Crippen LogP contribution in [0, 0.1) is 0 Å². The predicted octanol–water partition coefficient (Wildman–Crippen LogP) is 7.16. The summed E-state index contributed by atoms with van der Waals surface area (Å²) in [5.74, 6) is 1.51. The van der Waals surface area contributed by atoms with E-state index in [1.165, 1.54) is 5.56 Å². The average Bonchev–Trinajstić information content (AvgIpc) is 3.22. The summed E-state index contributed by atoms with van der Waals surface area (Å²) in [7, 11) is 0. The summed E-state index contributed by atoms with van der Waals surface area (Å²) in [6.07, 6.45) is -1.52. The van der Waals surface area contributed by atoms with E-state index in [0.29, 0.717) is 26.2 Å². The second-order valence-electron chi connectivity index (χ2n) is 13.7. The molecule has 0 saturated carbocycles. The van der Waals surface area contributed by atoms with Gasteiger partial charge < -0.3 is 38.6 Å². The average molecular weight is 717 g/mol. The third-order valence-corrected chi connectivity index (χ3v) is 10.1. The summed E-state index contributed by atoms with van der Waals surface area (Å²) in [6, 6.07) is 42.2. The van der Waals surface area contributed by atoms with Gasteiger partial charge in [-0.2, -0.15) is 0 Å². The van der Waals surface area contributed by atoms with Crippen LogP contribution < -0.4 is 9.47 Å². The van der Waals surface area contributed by atoms with Crippen LogP contribution in [0.25, 0.3) is 0 Å². The lowest BCUT2D eigenvalue weighted by molar-refractivity contribution is -0.318. The van der Waals surface area contributed by atoms with Gasteiger partial charge in [0.1, 0.15) is 43.2 Å². The quantitative estimate of drug-likeness (QED) is 0.118. The number of aryl methyl sites for hydroxylation is 1. The van der Waals surface area contributed by atoms with Gasteiger partial charge in [-0.1, -0.05) is 122 Å². The highest BCUT2D eigenvalue weighted by Crippen LogP contribution is 2.44. The van der Waals surface area contributed by atoms with Crippen molar-refractivity contribution in [2.75, 3.05) is 26.4 Å². The largest absolute Gasteiger partial charge is 0.486 e. The smallest absolute Gasteiger partial charge is 0.161 e. The maximum absolute atomic E-state index is 11.1. The maximum Gasteiger partial charge on any atom is 0.161 e. The van der Waals surface area contributed by atoms with Crippen LogP contribution in [0.15, 0.2) is 127 Å². The van der Waals surface area contributed by atoms with Gasteiger partial charge in [-0.15, -0.1) is 0 Å². The van der Waals surface area contributed by atoms with Gasteiger partial charge in [-0.25, -0.2) is 0 Å². The minimum absolute atomic E-state index is 0.225. The Labute approximate surface area is 311 Å². The molecular weight excluding hydrogens is 668 g/mol. The molecular formula is C45H48O8. The molecule has 2 heterocycles. The van der Waals surface area contributed by atoms with E-state index in [-0.39, 0.29) is 13.2 Å². The number of aliphatic hydroxyl groups excluding tert-OH is 2. The first-order valence-electron chi connectivity index (χ1n) is 18.5. The van der Waals surface area contributed by atoms with Gasteiger partial charge in [0.05, 0.1) is 33.0 Å².